The van der Waals surface area contributed by atoms with Gasteiger partial charge in [-0.25, -0.2) is 0 Å². The Bertz CT molecular complexity index is 197. The van der Waals surface area contributed by atoms with E-state index in [0.29, 0.717) is 0 Å². The second-order valence-electron chi connectivity index (χ2n) is 3.11. The summed E-state index contributed by atoms with van der Waals surface area (Å²) in [6.07, 6.45) is 0. The fourth-order valence-electron chi connectivity index (χ4n) is 1.40. The zero-order valence-electron chi connectivity index (χ0n) is 7.15. The molecule has 0 saturated heterocycles. The molecule has 0 nitrogen and oxygen atoms in total. The third kappa shape index (κ3) is 1.20. The van der Waals surface area contributed by atoms with E-state index in [1.807, 2.05) is 0 Å². The first-order valence-electron chi connectivity index (χ1n) is 3.69. The number of allylic oxidation sites excluding steroid dienone is 4. The van der Waals surface area contributed by atoms with Gasteiger partial charge in [-0.3, -0.25) is 0 Å². The molecule has 0 fully saturated rings. The number of hydrogen-bond acceptors (Lipinski definition) is 0. The second-order valence-corrected chi connectivity index (χ2v) is 5.06. The van der Waals surface area contributed by atoms with Crippen LogP contribution in [0.15, 0.2) is 18.7 Å². The molecule has 0 aromatic carbocycles. The maximum absolute atomic E-state index is 2.32. The molecule has 0 N–H and O–H groups in total. The Morgan fingerprint density at radius 2 is 1.60 bits per heavy atom. The normalized spacial score (nSPS) is 26.5. The molecule has 0 aliphatic heterocycles. The van der Waals surface area contributed by atoms with Gasteiger partial charge in [0.25, 0.3) is 0 Å². The Hall–Kier alpha value is 0.675. The van der Waals surface area contributed by atoms with Crippen molar-refractivity contribution in [1.29, 1.82) is 0 Å². The average Bonchev–Trinajstić information content (AvgIpc) is 2.07. The van der Waals surface area contributed by atoms with E-state index in [4.69, 9.17) is 0 Å². The van der Waals surface area contributed by atoms with Crippen LogP contribution in [0.2, 0.25) is 0 Å². The monoisotopic (exact) mass is 260 g/mol. The molecule has 1 aliphatic rings. The summed E-state index contributed by atoms with van der Waals surface area (Å²) < 4.78 is 1.72. The molecule has 0 radical (unpaired) electrons. The van der Waals surface area contributed by atoms with Gasteiger partial charge in [-0.2, -0.15) is 0 Å². The summed E-state index contributed by atoms with van der Waals surface area (Å²) in [7, 11) is 0. The van der Waals surface area contributed by atoms with Crippen LogP contribution in [0.3, 0.4) is 0 Å². The Morgan fingerprint density at radius 1 is 1.10 bits per heavy atom. The van der Waals surface area contributed by atoms with E-state index >= 15 is 0 Å². The average molecular weight is 260 g/mol. The van der Waals surface area contributed by atoms with Gasteiger partial charge in [0, 0.05) is 0 Å². The predicted octanol–water partition coefficient (Wildman–Crippen LogP) is 2.80. The fraction of sp³-hybridized carbons (Fsp3) is 0.556. The van der Waals surface area contributed by atoms with Crippen molar-refractivity contribution in [3.63, 3.8) is 0 Å². The summed E-state index contributed by atoms with van der Waals surface area (Å²) in [4.78, 5) is 0. The van der Waals surface area contributed by atoms with Crippen molar-refractivity contribution in [3.05, 3.63) is 18.7 Å². The Labute approximate surface area is 85.4 Å². The molecular formula is C9H13La. The molecule has 10 heavy (non-hydrogen) atoms. The predicted molar refractivity (Wildman–Crippen MR) is 40.2 cm³/mol. The standard InChI is InChI=1S/C9H13.La/c1-6-5-7(2)9(4)8(6)3;/h6H,1-4H3;. The molecule has 52 valence electrons. The first kappa shape index (κ1) is 8.77. The topological polar surface area (TPSA) is 0 Å². The van der Waals surface area contributed by atoms with Gasteiger partial charge < -0.3 is 0 Å². The molecule has 0 bridgehead atoms. The van der Waals surface area contributed by atoms with Crippen molar-refractivity contribution in [2.45, 2.75) is 27.7 Å². The summed E-state index contributed by atoms with van der Waals surface area (Å²) in [5, 5.41) is 0. The van der Waals surface area contributed by atoms with E-state index in [1.165, 1.54) is 0 Å². The van der Waals surface area contributed by atoms with E-state index in [2.05, 4.69) is 27.7 Å². The van der Waals surface area contributed by atoms with Gasteiger partial charge in [0.15, 0.2) is 0 Å². The molecule has 1 rings (SSSR count). The third-order valence-electron chi connectivity index (χ3n) is 2.70. The Kier molecular flexibility index (Phi) is 2.60. The molecule has 0 aromatic rings. The molecule has 1 heteroatoms. The van der Waals surface area contributed by atoms with Crippen LogP contribution in [0, 0.1) is 39.6 Å². The van der Waals surface area contributed by atoms with Crippen LogP contribution in [-0.4, -0.2) is 0 Å². The molecule has 1 unspecified atom stereocenters. The van der Waals surface area contributed by atoms with Crippen LogP contribution in [0.5, 0.6) is 0 Å². The van der Waals surface area contributed by atoms with E-state index in [1.54, 1.807) is 18.7 Å². The fourth-order valence-corrected chi connectivity index (χ4v) is 2.86. The van der Waals surface area contributed by atoms with Crippen molar-refractivity contribution < 1.29 is 33.7 Å². The second kappa shape index (κ2) is 2.96. The van der Waals surface area contributed by atoms with Gasteiger partial charge in [-0.1, -0.05) is 0 Å². The van der Waals surface area contributed by atoms with Crippen molar-refractivity contribution in [2.75, 3.05) is 0 Å². The quantitative estimate of drug-likeness (QED) is 0.628. The van der Waals surface area contributed by atoms with Crippen LogP contribution < -0.4 is 0 Å². The molecule has 0 heterocycles. The molecule has 0 spiro atoms. The molecule has 0 aromatic heterocycles. The zero-order chi connectivity index (χ0) is 7.89. The van der Waals surface area contributed by atoms with Crippen LogP contribution in [-0.2, 0) is 0 Å². The van der Waals surface area contributed by atoms with Gasteiger partial charge in [0.2, 0.25) is 0 Å². The summed E-state index contributed by atoms with van der Waals surface area (Å²) in [6.45, 7) is 9.10. The summed E-state index contributed by atoms with van der Waals surface area (Å²) in [5.74, 6) is 0.769. The first-order valence-corrected chi connectivity index (χ1v) is 5.51. The molecule has 0 amide bonds. The van der Waals surface area contributed by atoms with E-state index in [-0.39, 0.29) is 0 Å². The van der Waals surface area contributed by atoms with Crippen LogP contribution >= 0.6 is 0 Å². The van der Waals surface area contributed by atoms with Gasteiger partial charge in [-0.05, 0) is 0 Å². The molecule has 0 saturated carbocycles. The van der Waals surface area contributed by atoms with Crippen molar-refractivity contribution in [3.8, 4) is 0 Å². The number of rotatable bonds is 0. The molecule has 1 aliphatic carbocycles. The van der Waals surface area contributed by atoms with Crippen molar-refractivity contribution in [1.82, 2.24) is 0 Å². The summed E-state index contributed by atoms with van der Waals surface area (Å²) in [5.41, 5.74) is 4.72. The molecule has 1 atom stereocenters. The first-order chi connectivity index (χ1) is 4.55. The Morgan fingerprint density at radius 3 is 1.70 bits per heavy atom. The Balaban J connectivity index is 3.09. The van der Waals surface area contributed by atoms with E-state index in [9.17, 15) is 0 Å². The van der Waals surface area contributed by atoms with Crippen molar-refractivity contribution in [2.24, 2.45) is 5.92 Å². The maximum atomic E-state index is 2.32. The third-order valence-corrected chi connectivity index (χ3v) is 5.63. The van der Waals surface area contributed by atoms with Gasteiger partial charge in [-0.15, -0.1) is 0 Å². The minimum absolute atomic E-state index is 0.769. The van der Waals surface area contributed by atoms with E-state index < -0.39 is 0 Å². The van der Waals surface area contributed by atoms with Crippen LogP contribution in [0.25, 0.3) is 0 Å². The van der Waals surface area contributed by atoms with Gasteiger partial charge in [0.1, 0.15) is 0 Å². The van der Waals surface area contributed by atoms with E-state index in [0.717, 1.165) is 39.6 Å². The van der Waals surface area contributed by atoms with Crippen LogP contribution in [0.1, 0.15) is 27.7 Å². The molecular weight excluding hydrogens is 247 g/mol. The van der Waals surface area contributed by atoms with Gasteiger partial charge in [0.05, 0.1) is 0 Å². The van der Waals surface area contributed by atoms with Crippen molar-refractivity contribution >= 4 is 0 Å². The summed E-state index contributed by atoms with van der Waals surface area (Å²) in [6, 6.07) is 0. The minimum atomic E-state index is 0.769. The van der Waals surface area contributed by atoms with Crippen LogP contribution in [0.4, 0.5) is 0 Å². The summed E-state index contributed by atoms with van der Waals surface area (Å²) >= 11 is 1.03. The zero-order valence-corrected chi connectivity index (χ0v) is 10.8. The number of hydrogen-bond donors (Lipinski definition) is 0. The van der Waals surface area contributed by atoms with Gasteiger partial charge >= 0.3 is 86.0 Å². The SMILES string of the molecule is CC1=C(C)C(C)[C]([La])=C1C.